The van der Waals surface area contributed by atoms with Crippen molar-refractivity contribution in [1.82, 2.24) is 5.32 Å². The molecule has 0 saturated heterocycles. The third kappa shape index (κ3) is 3.90. The molecule has 1 atom stereocenters. The average molecular weight is 290 g/mol. The van der Waals surface area contributed by atoms with Crippen molar-refractivity contribution in [3.8, 4) is 0 Å². The Morgan fingerprint density at radius 3 is 2.94 bits per heavy atom. The van der Waals surface area contributed by atoms with Gasteiger partial charge < -0.3 is 10.4 Å². The smallest absolute Gasteiger partial charge is 0.252 e. The normalized spacial score (nSPS) is 12.2. The van der Waals surface area contributed by atoms with Gasteiger partial charge in [-0.05, 0) is 47.5 Å². The Kier molecular flexibility index (Phi) is 4.89. The Morgan fingerprint density at radius 1 is 1.62 bits per heavy atom. The summed E-state index contributed by atoms with van der Waals surface area (Å²) in [6.07, 6.45) is 0.00910. The first-order valence-corrected chi connectivity index (χ1v) is 5.71. The van der Waals surface area contributed by atoms with E-state index in [0.717, 1.165) is 0 Å². The number of carbonyl (C=O) groups is 1. The summed E-state index contributed by atoms with van der Waals surface area (Å²) in [6.45, 7) is 2.00. The van der Waals surface area contributed by atoms with Gasteiger partial charge in [0.2, 0.25) is 0 Å². The number of benzene rings is 1. The Bertz CT molecular complexity index is 382. The highest BCUT2D eigenvalue weighted by Gasteiger charge is 2.10. The molecule has 1 aromatic carbocycles. The fraction of sp³-hybridized carbons (Fsp3) is 0.364. The molecular weight excluding hydrogens is 277 g/mol. The topological polar surface area (TPSA) is 49.3 Å². The van der Waals surface area contributed by atoms with Crippen molar-refractivity contribution >= 4 is 21.8 Å². The van der Waals surface area contributed by atoms with Gasteiger partial charge in [-0.15, -0.1) is 0 Å². The summed E-state index contributed by atoms with van der Waals surface area (Å²) in [5.74, 6) is -0.809. The molecule has 0 heterocycles. The van der Waals surface area contributed by atoms with Crippen molar-refractivity contribution in [3.63, 3.8) is 0 Å². The van der Waals surface area contributed by atoms with E-state index in [1.165, 1.54) is 18.2 Å². The number of carbonyl (C=O) groups excluding carboxylic acids is 1. The zero-order chi connectivity index (χ0) is 12.1. The van der Waals surface area contributed by atoms with Crippen molar-refractivity contribution in [1.29, 1.82) is 0 Å². The zero-order valence-corrected chi connectivity index (χ0v) is 10.4. The van der Waals surface area contributed by atoms with Crippen molar-refractivity contribution < 1.29 is 14.3 Å². The third-order valence-electron chi connectivity index (χ3n) is 2.02. The van der Waals surface area contributed by atoms with Gasteiger partial charge in [-0.1, -0.05) is 0 Å². The average Bonchev–Trinajstić information content (AvgIpc) is 2.21. The molecule has 1 amide bonds. The SMILES string of the molecule is CC(O)CCNC(=O)c1cc(F)ccc1Br. The van der Waals surface area contributed by atoms with E-state index >= 15 is 0 Å². The summed E-state index contributed by atoms with van der Waals surface area (Å²) in [5, 5.41) is 11.6. The van der Waals surface area contributed by atoms with Gasteiger partial charge in [0.15, 0.2) is 0 Å². The summed E-state index contributed by atoms with van der Waals surface area (Å²) in [7, 11) is 0. The van der Waals surface area contributed by atoms with Gasteiger partial charge in [-0.2, -0.15) is 0 Å². The maximum absolute atomic E-state index is 12.9. The number of rotatable bonds is 4. The number of hydrogen-bond donors (Lipinski definition) is 2. The number of aliphatic hydroxyl groups is 1. The molecule has 16 heavy (non-hydrogen) atoms. The van der Waals surface area contributed by atoms with E-state index in [-0.39, 0.29) is 11.5 Å². The van der Waals surface area contributed by atoms with Gasteiger partial charge in [0.1, 0.15) is 5.82 Å². The van der Waals surface area contributed by atoms with E-state index in [9.17, 15) is 9.18 Å². The summed E-state index contributed by atoms with van der Waals surface area (Å²) < 4.78 is 13.5. The van der Waals surface area contributed by atoms with Crippen LogP contribution in [0.15, 0.2) is 22.7 Å². The molecule has 88 valence electrons. The van der Waals surface area contributed by atoms with Gasteiger partial charge in [0.05, 0.1) is 11.7 Å². The minimum absolute atomic E-state index is 0.255. The van der Waals surface area contributed by atoms with E-state index in [1.54, 1.807) is 6.92 Å². The Balaban J connectivity index is 2.62. The van der Waals surface area contributed by atoms with E-state index in [4.69, 9.17) is 5.11 Å². The Morgan fingerprint density at radius 2 is 2.31 bits per heavy atom. The molecule has 1 rings (SSSR count). The molecule has 0 aliphatic rings. The number of amides is 1. The van der Waals surface area contributed by atoms with E-state index in [1.807, 2.05) is 0 Å². The Hall–Kier alpha value is -0.940. The lowest BCUT2D eigenvalue weighted by Crippen LogP contribution is -2.26. The summed E-state index contributed by atoms with van der Waals surface area (Å²) >= 11 is 3.17. The minimum Gasteiger partial charge on any atom is -0.393 e. The van der Waals surface area contributed by atoms with E-state index in [0.29, 0.717) is 17.4 Å². The van der Waals surface area contributed by atoms with Gasteiger partial charge in [0, 0.05) is 11.0 Å². The zero-order valence-electron chi connectivity index (χ0n) is 8.84. The van der Waals surface area contributed by atoms with Gasteiger partial charge in [-0.3, -0.25) is 4.79 Å². The molecule has 0 aromatic heterocycles. The quantitative estimate of drug-likeness (QED) is 0.892. The van der Waals surface area contributed by atoms with Gasteiger partial charge >= 0.3 is 0 Å². The molecule has 0 radical (unpaired) electrons. The second-order valence-electron chi connectivity index (χ2n) is 3.52. The van der Waals surface area contributed by atoms with Crippen molar-refractivity contribution in [3.05, 3.63) is 34.1 Å². The van der Waals surface area contributed by atoms with Crippen LogP contribution in [-0.4, -0.2) is 23.7 Å². The molecule has 3 nitrogen and oxygen atoms in total. The van der Waals surface area contributed by atoms with Crippen LogP contribution in [-0.2, 0) is 0 Å². The predicted octanol–water partition coefficient (Wildman–Crippen LogP) is 2.09. The van der Waals surface area contributed by atoms with Crippen LogP contribution in [0.1, 0.15) is 23.7 Å². The third-order valence-corrected chi connectivity index (χ3v) is 2.71. The van der Waals surface area contributed by atoms with Crippen LogP contribution >= 0.6 is 15.9 Å². The van der Waals surface area contributed by atoms with Gasteiger partial charge in [0.25, 0.3) is 5.91 Å². The molecule has 0 saturated carbocycles. The van der Waals surface area contributed by atoms with E-state index < -0.39 is 11.9 Å². The van der Waals surface area contributed by atoms with Crippen molar-refractivity contribution in [2.75, 3.05) is 6.54 Å². The van der Waals surface area contributed by atoms with E-state index in [2.05, 4.69) is 21.2 Å². The van der Waals surface area contributed by atoms with Gasteiger partial charge in [-0.25, -0.2) is 4.39 Å². The Labute approximate surface area is 102 Å². The molecule has 0 spiro atoms. The van der Waals surface area contributed by atoms with Crippen LogP contribution in [0.3, 0.4) is 0 Å². The fourth-order valence-corrected chi connectivity index (χ4v) is 1.59. The maximum atomic E-state index is 12.9. The summed E-state index contributed by atoms with van der Waals surface area (Å²) in [4.78, 5) is 11.6. The molecule has 0 bridgehead atoms. The molecule has 2 N–H and O–H groups in total. The van der Waals surface area contributed by atoms with Crippen molar-refractivity contribution in [2.45, 2.75) is 19.4 Å². The largest absolute Gasteiger partial charge is 0.393 e. The van der Waals surface area contributed by atoms with Crippen LogP contribution < -0.4 is 5.32 Å². The molecule has 5 heteroatoms. The highest BCUT2D eigenvalue weighted by atomic mass is 79.9. The first kappa shape index (κ1) is 13.1. The lowest BCUT2D eigenvalue weighted by molar-refractivity contribution is 0.0944. The minimum atomic E-state index is -0.462. The molecular formula is C11H13BrFNO2. The van der Waals surface area contributed by atoms with Crippen molar-refractivity contribution in [2.24, 2.45) is 0 Å². The van der Waals surface area contributed by atoms with Crippen LogP contribution in [0.25, 0.3) is 0 Å². The summed E-state index contributed by atoms with van der Waals surface area (Å²) in [5.41, 5.74) is 0.255. The molecule has 1 unspecified atom stereocenters. The highest BCUT2D eigenvalue weighted by Crippen LogP contribution is 2.17. The number of nitrogens with one attached hydrogen (secondary N) is 1. The number of aliphatic hydroxyl groups excluding tert-OH is 1. The monoisotopic (exact) mass is 289 g/mol. The van der Waals surface area contributed by atoms with Crippen LogP contribution in [0.5, 0.6) is 0 Å². The molecule has 0 aliphatic heterocycles. The second-order valence-corrected chi connectivity index (χ2v) is 4.37. The molecule has 0 fully saturated rings. The van der Waals surface area contributed by atoms with Crippen LogP contribution in [0, 0.1) is 5.82 Å². The first-order valence-electron chi connectivity index (χ1n) is 4.92. The second kappa shape index (κ2) is 5.96. The lowest BCUT2D eigenvalue weighted by atomic mass is 10.2. The lowest BCUT2D eigenvalue weighted by Gasteiger charge is -2.08. The molecule has 1 aromatic rings. The van der Waals surface area contributed by atoms with Crippen LogP contribution in [0.4, 0.5) is 4.39 Å². The molecule has 0 aliphatic carbocycles. The van der Waals surface area contributed by atoms with Crippen LogP contribution in [0.2, 0.25) is 0 Å². The highest BCUT2D eigenvalue weighted by molar-refractivity contribution is 9.10. The summed E-state index contributed by atoms with van der Waals surface area (Å²) in [6, 6.07) is 3.93. The first-order chi connectivity index (χ1) is 7.50. The predicted molar refractivity (Wildman–Crippen MR) is 62.7 cm³/mol. The standard InChI is InChI=1S/C11H13BrFNO2/c1-7(15)4-5-14-11(16)9-6-8(13)2-3-10(9)12/h2-3,6-7,15H,4-5H2,1H3,(H,14,16). The number of hydrogen-bond acceptors (Lipinski definition) is 2. The maximum Gasteiger partial charge on any atom is 0.252 e. The number of halogens is 2. The fourth-order valence-electron chi connectivity index (χ4n) is 1.16.